The topological polar surface area (TPSA) is 76.1 Å². The van der Waals surface area contributed by atoms with Gasteiger partial charge in [-0.05, 0) is 19.1 Å². The average Bonchev–Trinajstić information content (AvgIpc) is 2.47. The lowest BCUT2D eigenvalue weighted by atomic mass is 10.1. The molecule has 0 radical (unpaired) electrons. The molecule has 0 unspecified atom stereocenters. The first-order chi connectivity index (χ1) is 10.1. The minimum absolute atomic E-state index is 0.100. The lowest BCUT2D eigenvalue weighted by molar-refractivity contribution is -0.141. The fourth-order valence-electron chi connectivity index (χ4n) is 2.32. The molecule has 21 heavy (non-hydrogen) atoms. The number of aliphatic carboxylic acids is 1. The van der Waals surface area contributed by atoms with Gasteiger partial charge in [-0.15, -0.1) is 0 Å². The van der Waals surface area contributed by atoms with E-state index in [0.717, 1.165) is 0 Å². The highest BCUT2D eigenvalue weighted by molar-refractivity contribution is 5.97. The summed E-state index contributed by atoms with van der Waals surface area (Å²) >= 11 is 0. The van der Waals surface area contributed by atoms with Gasteiger partial charge in [0.15, 0.2) is 0 Å². The Bertz CT molecular complexity index is 517. The number of carboxylic acid groups (broad SMARTS) is 1. The van der Waals surface area contributed by atoms with Gasteiger partial charge in [-0.2, -0.15) is 0 Å². The summed E-state index contributed by atoms with van der Waals surface area (Å²) in [6.45, 7) is 3.43. The van der Waals surface area contributed by atoms with Crippen molar-refractivity contribution in [2.24, 2.45) is 0 Å². The van der Waals surface area contributed by atoms with Crippen LogP contribution in [0.3, 0.4) is 0 Å². The second-order valence-corrected chi connectivity index (χ2v) is 4.77. The summed E-state index contributed by atoms with van der Waals surface area (Å²) in [6.07, 6.45) is -0.559. The molecule has 1 N–H and O–H groups in total. The standard InChI is InChI=1S/C15H19NO5/c1-2-20-13-6-4-3-5-12(13)15(19)16-7-8-21-11(10-16)9-14(17)18/h3-6,11H,2,7-10H2,1H3,(H,17,18)/t11-/m0/s1. The number of carboxylic acids is 1. The van der Waals surface area contributed by atoms with Crippen molar-refractivity contribution >= 4 is 11.9 Å². The zero-order chi connectivity index (χ0) is 15.2. The summed E-state index contributed by atoms with van der Waals surface area (Å²) in [5, 5.41) is 8.82. The van der Waals surface area contributed by atoms with Crippen molar-refractivity contribution in [3.63, 3.8) is 0 Å². The van der Waals surface area contributed by atoms with Gasteiger partial charge in [0.05, 0.1) is 31.3 Å². The zero-order valence-corrected chi connectivity index (χ0v) is 11.9. The van der Waals surface area contributed by atoms with Crippen LogP contribution < -0.4 is 4.74 Å². The number of carbonyl (C=O) groups excluding carboxylic acids is 1. The van der Waals surface area contributed by atoms with Crippen molar-refractivity contribution < 1.29 is 24.2 Å². The molecule has 0 spiro atoms. The number of ether oxygens (including phenoxy) is 2. The maximum atomic E-state index is 12.6. The van der Waals surface area contributed by atoms with Crippen LogP contribution in [0.1, 0.15) is 23.7 Å². The largest absolute Gasteiger partial charge is 0.493 e. The van der Waals surface area contributed by atoms with Crippen molar-refractivity contribution in [1.29, 1.82) is 0 Å². The highest BCUT2D eigenvalue weighted by atomic mass is 16.5. The molecule has 1 atom stereocenters. The average molecular weight is 293 g/mol. The maximum absolute atomic E-state index is 12.6. The van der Waals surface area contributed by atoms with Crippen molar-refractivity contribution in [3.05, 3.63) is 29.8 Å². The first kappa shape index (κ1) is 15.3. The van der Waals surface area contributed by atoms with Gasteiger partial charge in [0.25, 0.3) is 5.91 Å². The molecule has 6 heteroatoms. The third-order valence-electron chi connectivity index (χ3n) is 3.25. The SMILES string of the molecule is CCOc1ccccc1C(=O)N1CCO[C@@H](CC(=O)O)C1. The van der Waals surface area contributed by atoms with Gasteiger partial charge in [-0.3, -0.25) is 9.59 Å². The zero-order valence-electron chi connectivity index (χ0n) is 11.9. The van der Waals surface area contributed by atoms with Crippen LogP contribution in [0.2, 0.25) is 0 Å². The van der Waals surface area contributed by atoms with Crippen molar-refractivity contribution in [2.75, 3.05) is 26.3 Å². The first-order valence-electron chi connectivity index (χ1n) is 6.96. The summed E-state index contributed by atoms with van der Waals surface area (Å²) in [5.41, 5.74) is 0.496. The quantitative estimate of drug-likeness (QED) is 0.888. The number of hydrogen-bond donors (Lipinski definition) is 1. The molecule has 1 heterocycles. The van der Waals surface area contributed by atoms with Gasteiger partial charge in [-0.1, -0.05) is 12.1 Å². The third kappa shape index (κ3) is 3.95. The second-order valence-electron chi connectivity index (χ2n) is 4.77. The van der Waals surface area contributed by atoms with Gasteiger partial charge in [-0.25, -0.2) is 0 Å². The molecule has 0 aromatic heterocycles. The molecule has 1 aliphatic rings. The number of carbonyl (C=O) groups is 2. The van der Waals surface area contributed by atoms with Crippen LogP contribution in [-0.2, 0) is 9.53 Å². The van der Waals surface area contributed by atoms with E-state index in [4.69, 9.17) is 14.6 Å². The van der Waals surface area contributed by atoms with E-state index in [1.165, 1.54) is 0 Å². The molecule has 1 amide bonds. The van der Waals surface area contributed by atoms with Crippen LogP contribution in [0.4, 0.5) is 0 Å². The Kier molecular flexibility index (Phi) is 5.16. The predicted octanol–water partition coefficient (Wildman–Crippen LogP) is 1.40. The van der Waals surface area contributed by atoms with E-state index < -0.39 is 12.1 Å². The van der Waals surface area contributed by atoms with Crippen LogP contribution in [0, 0.1) is 0 Å². The maximum Gasteiger partial charge on any atom is 0.306 e. The van der Waals surface area contributed by atoms with E-state index >= 15 is 0 Å². The number of rotatable bonds is 5. The fourth-order valence-corrected chi connectivity index (χ4v) is 2.32. The van der Waals surface area contributed by atoms with Gasteiger partial charge in [0.2, 0.25) is 0 Å². The Labute approximate surface area is 123 Å². The summed E-state index contributed by atoms with van der Waals surface area (Å²) in [6, 6.07) is 7.07. The van der Waals surface area contributed by atoms with Crippen LogP contribution in [-0.4, -0.2) is 54.3 Å². The molecule has 6 nitrogen and oxygen atoms in total. The molecule has 1 aromatic rings. The van der Waals surface area contributed by atoms with E-state index in [1.807, 2.05) is 13.0 Å². The molecular formula is C15H19NO5. The monoisotopic (exact) mass is 293 g/mol. The lowest BCUT2D eigenvalue weighted by Crippen LogP contribution is -2.46. The molecule has 1 aliphatic heterocycles. The number of morpholine rings is 1. The van der Waals surface area contributed by atoms with E-state index in [1.54, 1.807) is 23.1 Å². The molecular weight excluding hydrogens is 274 g/mol. The van der Waals surface area contributed by atoms with E-state index in [9.17, 15) is 9.59 Å². The Morgan fingerprint density at radius 3 is 2.90 bits per heavy atom. The van der Waals surface area contributed by atoms with Crippen LogP contribution in [0.5, 0.6) is 5.75 Å². The van der Waals surface area contributed by atoms with Crippen LogP contribution in [0.15, 0.2) is 24.3 Å². The van der Waals surface area contributed by atoms with E-state index in [0.29, 0.717) is 31.1 Å². The Morgan fingerprint density at radius 2 is 2.19 bits per heavy atom. The van der Waals surface area contributed by atoms with Crippen LogP contribution >= 0.6 is 0 Å². The molecule has 1 aromatic carbocycles. The van der Waals surface area contributed by atoms with Crippen molar-refractivity contribution in [2.45, 2.75) is 19.4 Å². The normalized spacial score (nSPS) is 18.3. The number of nitrogens with zero attached hydrogens (tertiary/aromatic N) is 1. The molecule has 114 valence electrons. The smallest absolute Gasteiger partial charge is 0.306 e. The third-order valence-corrected chi connectivity index (χ3v) is 3.25. The lowest BCUT2D eigenvalue weighted by Gasteiger charge is -2.32. The number of para-hydroxylation sites is 1. The molecule has 0 saturated carbocycles. The molecule has 1 fully saturated rings. The minimum Gasteiger partial charge on any atom is -0.493 e. The Hall–Kier alpha value is -2.08. The van der Waals surface area contributed by atoms with Gasteiger partial charge >= 0.3 is 5.97 Å². The van der Waals surface area contributed by atoms with Crippen molar-refractivity contribution in [3.8, 4) is 5.75 Å². The molecule has 0 bridgehead atoms. The summed E-state index contributed by atoms with van der Waals surface area (Å²) in [7, 11) is 0. The fraction of sp³-hybridized carbons (Fsp3) is 0.467. The molecule has 2 rings (SSSR count). The van der Waals surface area contributed by atoms with Gasteiger partial charge in [0, 0.05) is 13.1 Å². The highest BCUT2D eigenvalue weighted by Crippen LogP contribution is 2.21. The Balaban J connectivity index is 2.10. The summed E-state index contributed by atoms with van der Waals surface area (Å²) in [5.74, 6) is -0.534. The van der Waals surface area contributed by atoms with E-state index in [-0.39, 0.29) is 18.9 Å². The van der Waals surface area contributed by atoms with Crippen molar-refractivity contribution in [1.82, 2.24) is 4.90 Å². The highest BCUT2D eigenvalue weighted by Gasteiger charge is 2.27. The molecule has 1 saturated heterocycles. The van der Waals surface area contributed by atoms with Crippen LogP contribution in [0.25, 0.3) is 0 Å². The Morgan fingerprint density at radius 1 is 1.43 bits per heavy atom. The summed E-state index contributed by atoms with van der Waals surface area (Å²) in [4.78, 5) is 24.9. The molecule has 0 aliphatic carbocycles. The van der Waals surface area contributed by atoms with Gasteiger partial charge in [0.1, 0.15) is 5.75 Å². The van der Waals surface area contributed by atoms with E-state index in [2.05, 4.69) is 0 Å². The number of benzene rings is 1. The number of amides is 1. The minimum atomic E-state index is -0.927. The second kappa shape index (κ2) is 7.08. The number of hydrogen-bond acceptors (Lipinski definition) is 4. The van der Waals surface area contributed by atoms with Gasteiger partial charge < -0.3 is 19.5 Å². The first-order valence-corrected chi connectivity index (χ1v) is 6.96. The predicted molar refractivity (Wildman–Crippen MR) is 75.5 cm³/mol. The summed E-state index contributed by atoms with van der Waals surface area (Å²) < 4.78 is 10.8.